The third kappa shape index (κ3) is 5.39. The van der Waals surface area contributed by atoms with Gasteiger partial charge in [0.15, 0.2) is 0 Å². The van der Waals surface area contributed by atoms with E-state index in [1.54, 1.807) is 0 Å². The zero-order valence-electron chi connectivity index (χ0n) is 12.2. The Kier molecular flexibility index (Phi) is 5.26. The van der Waals surface area contributed by atoms with Gasteiger partial charge in [0.05, 0.1) is 23.3 Å². The first-order valence-electron chi connectivity index (χ1n) is 6.39. The van der Waals surface area contributed by atoms with Crippen LogP contribution in [0.2, 0.25) is 25.7 Å². The first-order valence-corrected chi connectivity index (χ1v) is 10.1. The van der Waals surface area contributed by atoms with E-state index in [-0.39, 0.29) is 23.3 Å². The van der Waals surface area contributed by atoms with Gasteiger partial charge in [-0.05, 0) is 24.2 Å². The number of carboxylic acids is 2. The van der Waals surface area contributed by atoms with Crippen LogP contribution in [0, 0.1) is 0 Å². The number of carboxylic acid groups (broad SMARTS) is 2. The summed E-state index contributed by atoms with van der Waals surface area (Å²) in [6.07, 6.45) is 0. The molecule has 0 aliphatic carbocycles. The van der Waals surface area contributed by atoms with E-state index in [0.717, 1.165) is 24.2 Å². The van der Waals surface area contributed by atoms with Gasteiger partial charge in [-0.3, -0.25) is 0 Å². The number of aromatic carboxylic acids is 2. The Labute approximate surface area is 123 Å². The van der Waals surface area contributed by atoms with Crippen molar-refractivity contribution in [2.45, 2.75) is 25.7 Å². The van der Waals surface area contributed by atoms with Crippen LogP contribution in [-0.4, -0.2) is 42.8 Å². The Morgan fingerprint density at radius 1 is 0.952 bits per heavy atom. The summed E-state index contributed by atoms with van der Waals surface area (Å²) in [6.45, 7) is 6.64. The van der Waals surface area contributed by atoms with Crippen molar-refractivity contribution in [3.63, 3.8) is 0 Å². The summed E-state index contributed by atoms with van der Waals surface area (Å²) in [5, 5.41) is 17.9. The van der Waals surface area contributed by atoms with Crippen molar-refractivity contribution in [2.75, 3.05) is 6.61 Å². The second-order valence-corrected chi connectivity index (χ2v) is 11.5. The van der Waals surface area contributed by atoms with Crippen LogP contribution in [0.15, 0.2) is 18.2 Å². The lowest BCUT2D eigenvalue weighted by atomic mass is 10.1. The summed E-state index contributed by atoms with van der Waals surface area (Å²) >= 11 is 0. The maximum atomic E-state index is 11.9. The van der Waals surface area contributed by atoms with Crippen LogP contribution in [0.3, 0.4) is 0 Å². The van der Waals surface area contributed by atoms with E-state index >= 15 is 0 Å². The molecule has 0 unspecified atom stereocenters. The molecule has 1 aromatic carbocycles. The minimum atomic E-state index is -1.35. The molecule has 0 saturated carbocycles. The van der Waals surface area contributed by atoms with E-state index in [4.69, 9.17) is 14.9 Å². The minimum Gasteiger partial charge on any atom is -0.478 e. The van der Waals surface area contributed by atoms with Crippen molar-refractivity contribution < 1.29 is 29.3 Å². The molecule has 7 heteroatoms. The molecule has 0 radical (unpaired) electrons. The van der Waals surface area contributed by atoms with Crippen molar-refractivity contribution in [1.29, 1.82) is 0 Å². The smallest absolute Gasteiger partial charge is 0.338 e. The van der Waals surface area contributed by atoms with Gasteiger partial charge in [0.25, 0.3) is 0 Å². The van der Waals surface area contributed by atoms with Crippen LogP contribution in [-0.2, 0) is 4.74 Å². The average molecular weight is 310 g/mol. The topological polar surface area (TPSA) is 101 Å². The summed E-state index contributed by atoms with van der Waals surface area (Å²) < 4.78 is 5.08. The molecule has 114 valence electrons. The van der Waals surface area contributed by atoms with Crippen LogP contribution < -0.4 is 0 Å². The highest BCUT2D eigenvalue weighted by atomic mass is 28.3. The summed E-state index contributed by atoms with van der Waals surface area (Å²) in [7, 11) is -1.35. The van der Waals surface area contributed by atoms with Gasteiger partial charge in [0.2, 0.25) is 0 Å². The highest BCUT2D eigenvalue weighted by molar-refractivity contribution is 6.76. The molecule has 21 heavy (non-hydrogen) atoms. The first kappa shape index (κ1) is 16.9. The highest BCUT2D eigenvalue weighted by Gasteiger charge is 2.18. The number of benzene rings is 1. The largest absolute Gasteiger partial charge is 0.478 e. The maximum absolute atomic E-state index is 11.9. The summed E-state index contributed by atoms with van der Waals surface area (Å²) in [4.78, 5) is 33.8. The number of ether oxygens (including phenoxy) is 1. The lowest BCUT2D eigenvalue weighted by Crippen LogP contribution is -2.22. The average Bonchev–Trinajstić information content (AvgIpc) is 2.36. The standard InChI is InChI=1S/C14H18O6Si/c1-21(2,3)5-4-20-14(19)11-7-9(12(15)16)6-10(8-11)13(17)18/h6-8H,4-5H2,1-3H3,(H,15,16)(H,17,18). The van der Waals surface area contributed by atoms with E-state index in [1.165, 1.54) is 0 Å². The molecule has 0 fully saturated rings. The molecule has 0 atom stereocenters. The highest BCUT2D eigenvalue weighted by Crippen LogP contribution is 2.14. The summed E-state index contributed by atoms with van der Waals surface area (Å²) in [6, 6.07) is 4.02. The fraction of sp³-hybridized carbons (Fsp3) is 0.357. The fourth-order valence-corrected chi connectivity index (χ4v) is 2.24. The summed E-state index contributed by atoms with van der Waals surface area (Å²) in [5.74, 6) is -3.30. The quantitative estimate of drug-likeness (QED) is 0.618. The molecule has 0 amide bonds. The normalized spacial score (nSPS) is 11.0. The van der Waals surface area contributed by atoms with Gasteiger partial charge < -0.3 is 14.9 Å². The number of rotatable bonds is 6. The van der Waals surface area contributed by atoms with E-state index in [1.807, 2.05) is 0 Å². The van der Waals surface area contributed by atoms with Gasteiger partial charge in [-0.1, -0.05) is 19.6 Å². The molecule has 0 spiro atoms. The number of esters is 1. The van der Waals surface area contributed by atoms with Crippen LogP contribution in [0.5, 0.6) is 0 Å². The van der Waals surface area contributed by atoms with E-state index < -0.39 is 26.0 Å². The van der Waals surface area contributed by atoms with Crippen molar-refractivity contribution >= 4 is 26.0 Å². The van der Waals surface area contributed by atoms with Crippen LogP contribution >= 0.6 is 0 Å². The Bertz CT molecular complexity index is 541. The zero-order valence-corrected chi connectivity index (χ0v) is 13.2. The van der Waals surface area contributed by atoms with Gasteiger partial charge in [0.1, 0.15) is 0 Å². The van der Waals surface area contributed by atoms with Crippen molar-refractivity contribution in [1.82, 2.24) is 0 Å². The van der Waals surface area contributed by atoms with Crippen LogP contribution in [0.1, 0.15) is 31.1 Å². The Balaban J connectivity index is 2.93. The Morgan fingerprint density at radius 3 is 1.76 bits per heavy atom. The van der Waals surface area contributed by atoms with Crippen molar-refractivity contribution in [2.24, 2.45) is 0 Å². The monoisotopic (exact) mass is 310 g/mol. The molecule has 0 aliphatic rings. The Morgan fingerprint density at radius 2 is 1.38 bits per heavy atom. The second kappa shape index (κ2) is 6.53. The minimum absolute atomic E-state index is 0.0668. The fourth-order valence-electron chi connectivity index (χ4n) is 1.53. The van der Waals surface area contributed by atoms with Gasteiger partial charge in [-0.25, -0.2) is 14.4 Å². The van der Waals surface area contributed by atoms with Crippen LogP contribution in [0.4, 0.5) is 0 Å². The third-order valence-electron chi connectivity index (χ3n) is 2.75. The molecule has 0 heterocycles. The maximum Gasteiger partial charge on any atom is 0.338 e. The van der Waals surface area contributed by atoms with Gasteiger partial charge >= 0.3 is 17.9 Å². The van der Waals surface area contributed by atoms with Crippen molar-refractivity contribution in [3.05, 3.63) is 34.9 Å². The van der Waals surface area contributed by atoms with E-state index in [2.05, 4.69) is 19.6 Å². The van der Waals surface area contributed by atoms with E-state index in [0.29, 0.717) is 0 Å². The Hall–Kier alpha value is -2.15. The molecule has 1 aromatic rings. The number of carbonyl (C=O) groups excluding carboxylic acids is 1. The first-order chi connectivity index (χ1) is 9.60. The molecule has 0 bridgehead atoms. The molecule has 2 N–H and O–H groups in total. The van der Waals surface area contributed by atoms with Gasteiger partial charge in [-0.15, -0.1) is 0 Å². The zero-order chi connectivity index (χ0) is 16.2. The predicted molar refractivity (Wildman–Crippen MR) is 78.8 cm³/mol. The molecule has 0 aromatic heterocycles. The molecule has 6 nitrogen and oxygen atoms in total. The van der Waals surface area contributed by atoms with Gasteiger partial charge in [-0.2, -0.15) is 0 Å². The molecule has 0 saturated heterocycles. The summed E-state index contributed by atoms with van der Waals surface area (Å²) in [5.41, 5.74) is -0.582. The SMILES string of the molecule is C[Si](C)(C)CCOC(=O)c1cc(C(=O)O)cc(C(=O)O)c1. The molecule has 1 rings (SSSR count). The molecular formula is C14H18O6Si. The predicted octanol–water partition coefficient (Wildman–Crippen LogP) is 2.58. The third-order valence-corrected chi connectivity index (χ3v) is 4.45. The molecule has 0 aliphatic heterocycles. The molecular weight excluding hydrogens is 292 g/mol. The lowest BCUT2D eigenvalue weighted by molar-refractivity contribution is 0.0525. The lowest BCUT2D eigenvalue weighted by Gasteiger charge is -2.15. The number of hydrogen-bond acceptors (Lipinski definition) is 4. The van der Waals surface area contributed by atoms with E-state index in [9.17, 15) is 14.4 Å². The second-order valence-electron chi connectivity index (χ2n) is 5.86. The van der Waals surface area contributed by atoms with Crippen LogP contribution in [0.25, 0.3) is 0 Å². The number of carbonyl (C=O) groups is 3. The number of hydrogen-bond donors (Lipinski definition) is 2. The van der Waals surface area contributed by atoms with Crippen molar-refractivity contribution in [3.8, 4) is 0 Å². The van der Waals surface area contributed by atoms with Gasteiger partial charge in [0, 0.05) is 8.07 Å².